The fourth-order valence-corrected chi connectivity index (χ4v) is 2.30. The number of hydrogen-bond donors (Lipinski definition) is 1. The van der Waals surface area contributed by atoms with Gasteiger partial charge in [0.15, 0.2) is 0 Å². The predicted octanol–water partition coefficient (Wildman–Crippen LogP) is 1.37. The Kier molecular flexibility index (Phi) is 3.86. The molecule has 19 heavy (non-hydrogen) atoms. The van der Waals surface area contributed by atoms with E-state index in [4.69, 9.17) is 4.74 Å². The van der Waals surface area contributed by atoms with Crippen LogP contribution >= 0.6 is 0 Å². The molecule has 5 nitrogen and oxygen atoms in total. The molecule has 1 fully saturated rings. The van der Waals surface area contributed by atoms with Crippen molar-refractivity contribution in [3.63, 3.8) is 0 Å². The summed E-state index contributed by atoms with van der Waals surface area (Å²) in [6.45, 7) is 5.65. The lowest BCUT2D eigenvalue weighted by atomic mass is 10.2. The molecule has 1 aliphatic heterocycles. The van der Waals surface area contributed by atoms with Gasteiger partial charge in [-0.3, -0.25) is 14.9 Å². The minimum atomic E-state index is 0.845. The fourth-order valence-electron chi connectivity index (χ4n) is 2.30. The molecule has 0 aliphatic carbocycles. The number of aromatic nitrogens is 2. The molecule has 100 valence electrons. The van der Waals surface area contributed by atoms with Crippen LogP contribution in [-0.4, -0.2) is 54.3 Å². The van der Waals surface area contributed by atoms with Crippen LogP contribution in [-0.2, 0) is 4.74 Å². The van der Waals surface area contributed by atoms with Crippen LogP contribution in [0.2, 0.25) is 0 Å². The van der Waals surface area contributed by atoms with E-state index >= 15 is 0 Å². The van der Waals surface area contributed by atoms with Crippen LogP contribution in [0.5, 0.6) is 0 Å². The average Bonchev–Trinajstić information content (AvgIpc) is 2.49. The largest absolute Gasteiger partial charge is 0.381 e. The van der Waals surface area contributed by atoms with Crippen molar-refractivity contribution in [1.82, 2.24) is 14.9 Å². The Bertz CT molecular complexity index is 534. The second kappa shape index (κ2) is 5.95. The minimum Gasteiger partial charge on any atom is -0.381 e. The molecule has 0 amide bonds. The van der Waals surface area contributed by atoms with Crippen LogP contribution in [0.3, 0.4) is 0 Å². The molecular weight excluding hydrogens is 240 g/mol. The Morgan fingerprint density at radius 2 is 2.16 bits per heavy atom. The highest BCUT2D eigenvalue weighted by Crippen LogP contribution is 2.18. The molecular formula is C14H18N4O. The van der Waals surface area contributed by atoms with Crippen LogP contribution in [0.4, 0.5) is 5.69 Å². The lowest BCUT2D eigenvalue weighted by molar-refractivity contribution is 0.0398. The van der Waals surface area contributed by atoms with Gasteiger partial charge in [0.1, 0.15) is 0 Å². The minimum absolute atomic E-state index is 0.845. The standard InChI is InChI=1S/C14H18N4O/c1-2-12-10-15-11-13(14(12)17-3-1)16-4-5-18-6-8-19-9-7-18/h1-3,10-11,16H,4-9H2. The lowest BCUT2D eigenvalue weighted by Crippen LogP contribution is -2.39. The molecule has 1 aliphatic rings. The first kappa shape index (κ1) is 12.3. The van der Waals surface area contributed by atoms with E-state index in [-0.39, 0.29) is 0 Å². The summed E-state index contributed by atoms with van der Waals surface area (Å²) in [7, 11) is 0. The molecule has 1 saturated heterocycles. The predicted molar refractivity (Wildman–Crippen MR) is 75.3 cm³/mol. The molecule has 5 heteroatoms. The Morgan fingerprint density at radius 3 is 3.05 bits per heavy atom. The number of anilines is 1. The molecule has 0 atom stereocenters. The van der Waals surface area contributed by atoms with Crippen LogP contribution in [0.1, 0.15) is 0 Å². The molecule has 0 bridgehead atoms. The number of nitrogens with zero attached hydrogens (tertiary/aromatic N) is 3. The Labute approximate surface area is 112 Å². The summed E-state index contributed by atoms with van der Waals surface area (Å²) >= 11 is 0. The fraction of sp³-hybridized carbons (Fsp3) is 0.429. The van der Waals surface area contributed by atoms with E-state index in [1.807, 2.05) is 30.7 Å². The van der Waals surface area contributed by atoms with Gasteiger partial charge in [0.25, 0.3) is 0 Å². The van der Waals surface area contributed by atoms with E-state index in [1.54, 1.807) is 0 Å². The van der Waals surface area contributed by atoms with Crippen LogP contribution < -0.4 is 5.32 Å². The van der Waals surface area contributed by atoms with E-state index in [0.717, 1.165) is 56.0 Å². The highest BCUT2D eigenvalue weighted by atomic mass is 16.5. The van der Waals surface area contributed by atoms with Gasteiger partial charge < -0.3 is 10.1 Å². The summed E-state index contributed by atoms with van der Waals surface area (Å²) in [5.41, 5.74) is 1.99. The van der Waals surface area contributed by atoms with E-state index in [1.165, 1.54) is 0 Å². The number of nitrogens with one attached hydrogen (secondary N) is 1. The number of ether oxygens (including phenoxy) is 1. The molecule has 3 heterocycles. The first-order valence-corrected chi connectivity index (χ1v) is 6.66. The molecule has 0 radical (unpaired) electrons. The second-order valence-electron chi connectivity index (χ2n) is 4.64. The molecule has 3 rings (SSSR count). The zero-order valence-corrected chi connectivity index (χ0v) is 10.9. The smallest absolute Gasteiger partial charge is 0.0964 e. The van der Waals surface area contributed by atoms with Crippen molar-refractivity contribution in [2.45, 2.75) is 0 Å². The van der Waals surface area contributed by atoms with Gasteiger partial charge in [-0.25, -0.2) is 0 Å². The Hall–Kier alpha value is -1.72. The summed E-state index contributed by atoms with van der Waals surface area (Å²) in [5, 5.41) is 4.50. The third kappa shape index (κ3) is 3.00. The first-order valence-electron chi connectivity index (χ1n) is 6.66. The quantitative estimate of drug-likeness (QED) is 0.897. The summed E-state index contributed by atoms with van der Waals surface area (Å²) in [6.07, 6.45) is 5.50. The highest BCUT2D eigenvalue weighted by molar-refractivity contribution is 5.88. The normalized spacial score (nSPS) is 16.6. The van der Waals surface area contributed by atoms with Gasteiger partial charge in [-0.15, -0.1) is 0 Å². The highest BCUT2D eigenvalue weighted by Gasteiger charge is 2.09. The zero-order valence-electron chi connectivity index (χ0n) is 10.9. The number of morpholine rings is 1. The Morgan fingerprint density at radius 1 is 1.26 bits per heavy atom. The van der Waals surface area contributed by atoms with Gasteiger partial charge in [-0.05, 0) is 12.1 Å². The zero-order chi connectivity index (χ0) is 12.9. The van der Waals surface area contributed by atoms with Crippen molar-refractivity contribution in [1.29, 1.82) is 0 Å². The van der Waals surface area contributed by atoms with Gasteiger partial charge in [0, 0.05) is 44.0 Å². The molecule has 0 aromatic carbocycles. The molecule has 0 saturated carbocycles. The molecule has 2 aromatic rings. The van der Waals surface area contributed by atoms with E-state index in [9.17, 15) is 0 Å². The van der Waals surface area contributed by atoms with Crippen molar-refractivity contribution in [2.24, 2.45) is 0 Å². The van der Waals surface area contributed by atoms with Crippen LogP contribution in [0.25, 0.3) is 10.9 Å². The Balaban J connectivity index is 1.62. The van der Waals surface area contributed by atoms with Gasteiger partial charge in [-0.2, -0.15) is 0 Å². The van der Waals surface area contributed by atoms with Crippen molar-refractivity contribution >= 4 is 16.6 Å². The maximum absolute atomic E-state index is 5.34. The molecule has 0 spiro atoms. The number of fused-ring (bicyclic) bond motifs is 1. The van der Waals surface area contributed by atoms with Gasteiger partial charge in [0.05, 0.1) is 30.6 Å². The second-order valence-corrected chi connectivity index (χ2v) is 4.64. The van der Waals surface area contributed by atoms with Crippen molar-refractivity contribution in [3.8, 4) is 0 Å². The van der Waals surface area contributed by atoms with Crippen LogP contribution in [0.15, 0.2) is 30.7 Å². The third-order valence-corrected chi connectivity index (χ3v) is 3.36. The van der Waals surface area contributed by atoms with E-state index in [2.05, 4.69) is 20.2 Å². The van der Waals surface area contributed by atoms with E-state index in [0.29, 0.717) is 0 Å². The molecule has 1 N–H and O–H groups in total. The molecule has 2 aromatic heterocycles. The number of hydrogen-bond acceptors (Lipinski definition) is 5. The first-order chi connectivity index (χ1) is 9.43. The van der Waals surface area contributed by atoms with Crippen molar-refractivity contribution in [2.75, 3.05) is 44.7 Å². The van der Waals surface area contributed by atoms with Gasteiger partial charge >= 0.3 is 0 Å². The van der Waals surface area contributed by atoms with E-state index < -0.39 is 0 Å². The SMILES string of the molecule is c1cnc2c(NCCN3CCOCC3)cncc2c1. The van der Waals surface area contributed by atoms with Crippen molar-refractivity contribution < 1.29 is 4.74 Å². The maximum atomic E-state index is 5.34. The molecule has 0 unspecified atom stereocenters. The summed E-state index contributed by atoms with van der Waals surface area (Å²) < 4.78 is 5.34. The maximum Gasteiger partial charge on any atom is 0.0964 e. The number of rotatable bonds is 4. The average molecular weight is 258 g/mol. The number of pyridine rings is 2. The van der Waals surface area contributed by atoms with Gasteiger partial charge in [-0.1, -0.05) is 0 Å². The monoisotopic (exact) mass is 258 g/mol. The topological polar surface area (TPSA) is 50.3 Å². The summed E-state index contributed by atoms with van der Waals surface area (Å²) in [5.74, 6) is 0. The summed E-state index contributed by atoms with van der Waals surface area (Å²) in [6, 6.07) is 3.96. The lowest BCUT2D eigenvalue weighted by Gasteiger charge is -2.26. The van der Waals surface area contributed by atoms with Crippen molar-refractivity contribution in [3.05, 3.63) is 30.7 Å². The van der Waals surface area contributed by atoms with Crippen LogP contribution in [0, 0.1) is 0 Å². The third-order valence-electron chi connectivity index (χ3n) is 3.36. The van der Waals surface area contributed by atoms with Gasteiger partial charge in [0.2, 0.25) is 0 Å². The summed E-state index contributed by atoms with van der Waals surface area (Å²) in [4.78, 5) is 11.1.